The van der Waals surface area contributed by atoms with Gasteiger partial charge in [-0.1, -0.05) is 13.0 Å². The normalized spacial score (nSPS) is 12.2. The summed E-state index contributed by atoms with van der Waals surface area (Å²) in [4.78, 5) is 15.9. The number of hydrogen-bond donors (Lipinski definition) is 1. The molecule has 20 heavy (non-hydrogen) atoms. The second kappa shape index (κ2) is 6.32. The molecule has 0 spiro atoms. The summed E-state index contributed by atoms with van der Waals surface area (Å²) in [6, 6.07) is 7.36. The maximum atomic E-state index is 11.9. The van der Waals surface area contributed by atoms with Crippen LogP contribution < -0.4 is 5.32 Å². The van der Waals surface area contributed by atoms with E-state index in [1.807, 2.05) is 18.5 Å². The Balaban J connectivity index is 1.85. The molecule has 2 aromatic rings. The molecule has 106 valence electrons. The Morgan fingerprint density at radius 1 is 1.40 bits per heavy atom. The largest absolute Gasteiger partial charge is 0.350 e. The van der Waals surface area contributed by atoms with E-state index in [2.05, 4.69) is 28.4 Å². The molecule has 0 aromatic carbocycles. The number of hydrogen-bond acceptors (Lipinski definition) is 3. The number of aryl methyl sites for hydroxylation is 2. The van der Waals surface area contributed by atoms with Gasteiger partial charge < -0.3 is 5.32 Å². The fraction of sp³-hybridized carbons (Fsp3) is 0.400. The molecule has 0 aliphatic rings. The van der Waals surface area contributed by atoms with Gasteiger partial charge in [0.25, 0.3) is 5.91 Å². The molecule has 2 heterocycles. The van der Waals surface area contributed by atoms with Crippen LogP contribution in [0, 0.1) is 19.8 Å². The fourth-order valence-corrected chi connectivity index (χ4v) is 2.07. The van der Waals surface area contributed by atoms with E-state index >= 15 is 0 Å². The van der Waals surface area contributed by atoms with Crippen LogP contribution in [-0.4, -0.2) is 27.2 Å². The first kappa shape index (κ1) is 14.2. The van der Waals surface area contributed by atoms with Crippen molar-refractivity contribution in [3.8, 4) is 0 Å². The number of carbonyl (C=O) groups excluding carboxylic acids is 1. The Morgan fingerprint density at radius 3 is 2.80 bits per heavy atom. The van der Waals surface area contributed by atoms with Crippen molar-refractivity contribution >= 4 is 5.91 Å². The summed E-state index contributed by atoms with van der Waals surface area (Å²) in [6.45, 7) is 7.52. The first-order valence-electron chi connectivity index (χ1n) is 6.76. The molecule has 5 heteroatoms. The van der Waals surface area contributed by atoms with Crippen LogP contribution in [0.2, 0.25) is 0 Å². The molecular formula is C15H20N4O. The Labute approximate surface area is 119 Å². The van der Waals surface area contributed by atoms with Crippen LogP contribution in [-0.2, 0) is 6.54 Å². The summed E-state index contributed by atoms with van der Waals surface area (Å²) in [5.41, 5.74) is 2.61. The van der Waals surface area contributed by atoms with Crippen LogP contribution in [0.1, 0.15) is 28.8 Å². The Morgan fingerprint density at radius 2 is 2.20 bits per heavy atom. The lowest BCUT2D eigenvalue weighted by atomic mass is 10.2. The molecule has 0 saturated carbocycles. The summed E-state index contributed by atoms with van der Waals surface area (Å²) in [6.07, 6.45) is 1.62. The van der Waals surface area contributed by atoms with Crippen LogP contribution >= 0.6 is 0 Å². The van der Waals surface area contributed by atoms with Crippen LogP contribution in [0.25, 0.3) is 0 Å². The molecule has 1 atom stereocenters. The van der Waals surface area contributed by atoms with Crippen molar-refractivity contribution in [1.82, 2.24) is 20.1 Å². The highest BCUT2D eigenvalue weighted by molar-refractivity contribution is 5.92. The van der Waals surface area contributed by atoms with E-state index in [0.29, 0.717) is 18.2 Å². The maximum Gasteiger partial charge on any atom is 0.269 e. The van der Waals surface area contributed by atoms with Gasteiger partial charge in [0.2, 0.25) is 0 Å². The Hall–Kier alpha value is -2.17. The molecule has 1 amide bonds. The summed E-state index contributed by atoms with van der Waals surface area (Å²) < 4.78 is 1.98. The monoisotopic (exact) mass is 272 g/mol. The van der Waals surface area contributed by atoms with E-state index in [4.69, 9.17) is 0 Å². The van der Waals surface area contributed by atoms with Crippen molar-refractivity contribution < 1.29 is 4.79 Å². The minimum Gasteiger partial charge on any atom is -0.350 e. The summed E-state index contributed by atoms with van der Waals surface area (Å²) in [5.74, 6) is 0.173. The van der Waals surface area contributed by atoms with E-state index in [9.17, 15) is 4.79 Å². The second-order valence-corrected chi connectivity index (χ2v) is 5.14. The zero-order chi connectivity index (χ0) is 14.5. The van der Waals surface area contributed by atoms with Crippen molar-refractivity contribution in [2.45, 2.75) is 27.3 Å². The first-order valence-corrected chi connectivity index (χ1v) is 6.76. The number of nitrogens with zero attached hydrogens (tertiary/aromatic N) is 3. The minimum atomic E-state index is -0.134. The Kier molecular flexibility index (Phi) is 4.50. The van der Waals surface area contributed by atoms with E-state index in [-0.39, 0.29) is 5.91 Å². The van der Waals surface area contributed by atoms with Crippen LogP contribution in [0.5, 0.6) is 0 Å². The lowest BCUT2D eigenvalue weighted by Gasteiger charge is -2.13. The van der Waals surface area contributed by atoms with E-state index < -0.39 is 0 Å². The third-order valence-corrected chi connectivity index (χ3v) is 3.10. The van der Waals surface area contributed by atoms with Gasteiger partial charge in [0.15, 0.2) is 0 Å². The van der Waals surface area contributed by atoms with Gasteiger partial charge in [-0.25, -0.2) is 0 Å². The maximum absolute atomic E-state index is 11.9. The first-order chi connectivity index (χ1) is 9.56. The van der Waals surface area contributed by atoms with Gasteiger partial charge in [-0.3, -0.25) is 14.5 Å². The standard InChI is InChI=1S/C15H20N4O/c1-11(10-19-13(3)8-12(2)18-19)9-17-15(20)14-6-4-5-7-16-14/h4-8,11H,9-10H2,1-3H3,(H,17,20)/t11-/m0/s1. The molecule has 0 fully saturated rings. The molecule has 0 aliphatic carbocycles. The number of nitrogens with one attached hydrogen (secondary N) is 1. The quantitative estimate of drug-likeness (QED) is 0.905. The van der Waals surface area contributed by atoms with Gasteiger partial charge in [-0.2, -0.15) is 5.10 Å². The molecule has 0 radical (unpaired) electrons. The number of pyridine rings is 1. The highest BCUT2D eigenvalue weighted by Gasteiger charge is 2.10. The summed E-state index contributed by atoms with van der Waals surface area (Å²) in [5, 5.41) is 7.33. The number of rotatable bonds is 5. The van der Waals surface area contributed by atoms with Crippen molar-refractivity contribution in [1.29, 1.82) is 0 Å². The van der Waals surface area contributed by atoms with Crippen LogP contribution in [0.15, 0.2) is 30.5 Å². The molecule has 2 rings (SSSR count). The van der Waals surface area contributed by atoms with Gasteiger partial charge in [-0.15, -0.1) is 0 Å². The van der Waals surface area contributed by atoms with Crippen LogP contribution in [0.4, 0.5) is 0 Å². The summed E-state index contributed by atoms with van der Waals surface area (Å²) in [7, 11) is 0. The van der Waals surface area contributed by atoms with Crippen LogP contribution in [0.3, 0.4) is 0 Å². The third-order valence-electron chi connectivity index (χ3n) is 3.10. The van der Waals surface area contributed by atoms with E-state index in [1.54, 1.807) is 24.4 Å². The average Bonchev–Trinajstić information content (AvgIpc) is 2.75. The molecule has 5 nitrogen and oxygen atoms in total. The van der Waals surface area contributed by atoms with Crippen molar-refractivity contribution in [3.05, 3.63) is 47.5 Å². The molecule has 0 saturated heterocycles. The second-order valence-electron chi connectivity index (χ2n) is 5.14. The predicted molar refractivity (Wildman–Crippen MR) is 77.4 cm³/mol. The molecule has 2 aromatic heterocycles. The zero-order valence-corrected chi connectivity index (χ0v) is 12.1. The lowest BCUT2D eigenvalue weighted by Crippen LogP contribution is -2.30. The topological polar surface area (TPSA) is 59.8 Å². The highest BCUT2D eigenvalue weighted by Crippen LogP contribution is 2.06. The van der Waals surface area contributed by atoms with Gasteiger partial charge in [0.1, 0.15) is 5.69 Å². The SMILES string of the molecule is Cc1cc(C)n(C[C@@H](C)CNC(=O)c2ccccn2)n1. The molecule has 1 N–H and O–H groups in total. The van der Waals surface area contributed by atoms with Crippen molar-refractivity contribution in [2.24, 2.45) is 5.92 Å². The minimum absolute atomic E-state index is 0.134. The molecule has 0 bridgehead atoms. The molecule has 0 aliphatic heterocycles. The lowest BCUT2D eigenvalue weighted by molar-refractivity contribution is 0.0941. The zero-order valence-electron chi connectivity index (χ0n) is 12.1. The molecular weight excluding hydrogens is 252 g/mol. The predicted octanol–water partition coefficient (Wildman–Crippen LogP) is 1.96. The van der Waals surface area contributed by atoms with Gasteiger partial charge in [-0.05, 0) is 38.0 Å². The Bertz CT molecular complexity index is 577. The third kappa shape index (κ3) is 3.66. The summed E-state index contributed by atoms with van der Waals surface area (Å²) >= 11 is 0. The van der Waals surface area contributed by atoms with E-state index in [1.165, 1.54) is 0 Å². The van der Waals surface area contributed by atoms with Gasteiger partial charge in [0.05, 0.1) is 5.69 Å². The van der Waals surface area contributed by atoms with Crippen molar-refractivity contribution in [3.63, 3.8) is 0 Å². The van der Waals surface area contributed by atoms with Gasteiger partial charge >= 0.3 is 0 Å². The number of amides is 1. The van der Waals surface area contributed by atoms with E-state index in [0.717, 1.165) is 17.9 Å². The van der Waals surface area contributed by atoms with Crippen molar-refractivity contribution in [2.75, 3.05) is 6.54 Å². The highest BCUT2D eigenvalue weighted by atomic mass is 16.1. The van der Waals surface area contributed by atoms with Gasteiger partial charge in [0, 0.05) is 25.0 Å². The number of carbonyl (C=O) groups is 1. The number of aromatic nitrogens is 3. The smallest absolute Gasteiger partial charge is 0.269 e. The molecule has 0 unspecified atom stereocenters. The fourth-order valence-electron chi connectivity index (χ4n) is 2.07. The average molecular weight is 272 g/mol.